The van der Waals surface area contributed by atoms with Gasteiger partial charge in [0.25, 0.3) is 0 Å². The van der Waals surface area contributed by atoms with E-state index in [1.54, 1.807) is 32.9 Å². The predicted molar refractivity (Wildman–Crippen MR) is 83.0 cm³/mol. The van der Waals surface area contributed by atoms with Crippen molar-refractivity contribution < 1.29 is 23.8 Å². The van der Waals surface area contributed by atoms with Gasteiger partial charge in [-0.3, -0.25) is 9.69 Å². The Morgan fingerprint density at radius 3 is 2.78 bits per heavy atom. The molecule has 1 aliphatic rings. The maximum absolute atomic E-state index is 11.9. The van der Waals surface area contributed by atoms with Gasteiger partial charge in [-0.1, -0.05) is 0 Å². The summed E-state index contributed by atoms with van der Waals surface area (Å²) in [4.78, 5) is 25.3. The first kappa shape index (κ1) is 17.3. The number of ether oxygens (including phenoxy) is 1. The quantitative estimate of drug-likeness (QED) is 0.883. The van der Waals surface area contributed by atoms with Gasteiger partial charge in [-0.25, -0.2) is 4.79 Å². The summed E-state index contributed by atoms with van der Waals surface area (Å²) in [5, 5.41) is 12.3. The number of carboxylic acid groups (broad SMARTS) is 1. The molecule has 128 valence electrons. The van der Waals surface area contributed by atoms with Gasteiger partial charge in [0.05, 0.1) is 6.26 Å². The Balaban J connectivity index is 1.99. The van der Waals surface area contributed by atoms with Crippen LogP contribution in [-0.2, 0) is 9.53 Å². The van der Waals surface area contributed by atoms with Gasteiger partial charge < -0.3 is 19.6 Å². The molecule has 1 amide bonds. The largest absolute Gasteiger partial charge is 0.480 e. The minimum atomic E-state index is -0.960. The van der Waals surface area contributed by atoms with Crippen molar-refractivity contribution >= 4 is 12.1 Å². The Bertz CT molecular complexity index is 535. The Labute approximate surface area is 135 Å². The molecular formula is C16H24N2O5. The fourth-order valence-corrected chi connectivity index (χ4v) is 2.74. The Kier molecular flexibility index (Phi) is 5.30. The van der Waals surface area contributed by atoms with Crippen LogP contribution in [0.4, 0.5) is 4.79 Å². The van der Waals surface area contributed by atoms with Gasteiger partial charge in [-0.05, 0) is 52.3 Å². The second-order valence-electron chi connectivity index (χ2n) is 6.74. The highest BCUT2D eigenvalue weighted by Gasteiger charge is 2.34. The van der Waals surface area contributed by atoms with Gasteiger partial charge in [-0.15, -0.1) is 0 Å². The number of carbonyl (C=O) groups excluding carboxylic acids is 1. The summed E-state index contributed by atoms with van der Waals surface area (Å²) < 4.78 is 10.5. The Hall–Kier alpha value is -2.02. The third-order valence-corrected chi connectivity index (χ3v) is 3.59. The van der Waals surface area contributed by atoms with Crippen LogP contribution in [0.3, 0.4) is 0 Å². The molecule has 1 aliphatic heterocycles. The van der Waals surface area contributed by atoms with Crippen molar-refractivity contribution in [3.63, 3.8) is 0 Å². The molecule has 0 bridgehead atoms. The third-order valence-electron chi connectivity index (χ3n) is 3.59. The number of alkyl carbamates (subject to hydrolysis) is 1. The van der Waals surface area contributed by atoms with Crippen LogP contribution < -0.4 is 5.32 Å². The molecular weight excluding hydrogens is 300 g/mol. The first-order valence-corrected chi connectivity index (χ1v) is 7.76. The van der Waals surface area contributed by atoms with Gasteiger partial charge >= 0.3 is 12.1 Å². The lowest BCUT2D eigenvalue weighted by atomic mass is 10.0. The van der Waals surface area contributed by atoms with Crippen molar-refractivity contribution in [2.45, 2.75) is 51.3 Å². The van der Waals surface area contributed by atoms with E-state index >= 15 is 0 Å². The number of amides is 1. The molecule has 1 fully saturated rings. The van der Waals surface area contributed by atoms with Gasteiger partial charge in [0.2, 0.25) is 0 Å². The maximum Gasteiger partial charge on any atom is 0.407 e. The number of rotatable bonds is 4. The summed E-state index contributed by atoms with van der Waals surface area (Å²) in [5.41, 5.74) is -0.559. The fraction of sp³-hybridized carbons (Fsp3) is 0.625. The monoisotopic (exact) mass is 324 g/mol. The second-order valence-corrected chi connectivity index (χ2v) is 6.74. The van der Waals surface area contributed by atoms with Crippen LogP contribution >= 0.6 is 0 Å². The first-order valence-electron chi connectivity index (χ1n) is 7.76. The lowest BCUT2D eigenvalue weighted by Crippen LogP contribution is -2.50. The van der Waals surface area contributed by atoms with Crippen molar-refractivity contribution in [3.05, 3.63) is 24.2 Å². The Morgan fingerprint density at radius 2 is 2.22 bits per heavy atom. The highest BCUT2D eigenvalue weighted by molar-refractivity contribution is 5.74. The van der Waals surface area contributed by atoms with E-state index in [0.29, 0.717) is 18.8 Å². The molecule has 1 aromatic heterocycles. The summed E-state index contributed by atoms with van der Waals surface area (Å²) in [7, 11) is 0. The molecule has 1 aromatic rings. The van der Waals surface area contributed by atoms with Crippen LogP contribution in [0.2, 0.25) is 0 Å². The van der Waals surface area contributed by atoms with E-state index in [0.717, 1.165) is 12.8 Å². The van der Waals surface area contributed by atoms with E-state index in [1.807, 2.05) is 4.90 Å². The van der Waals surface area contributed by atoms with Crippen LogP contribution in [0.15, 0.2) is 22.8 Å². The van der Waals surface area contributed by atoms with E-state index in [4.69, 9.17) is 9.15 Å². The number of hydrogen-bond donors (Lipinski definition) is 2. The van der Waals surface area contributed by atoms with E-state index in [1.165, 1.54) is 6.26 Å². The number of nitrogens with one attached hydrogen (secondary N) is 1. The molecule has 7 heteroatoms. The zero-order chi connectivity index (χ0) is 17.0. The van der Waals surface area contributed by atoms with Crippen LogP contribution in [0.25, 0.3) is 0 Å². The maximum atomic E-state index is 11.9. The minimum absolute atomic E-state index is 0.143. The minimum Gasteiger partial charge on any atom is -0.480 e. The van der Waals surface area contributed by atoms with Crippen LogP contribution in [-0.4, -0.2) is 46.8 Å². The standard InChI is InChI=1S/C16H24N2O5/c1-16(2,3)23-15(21)17-11-6-4-8-18(10-11)13(14(19)20)12-7-5-9-22-12/h5,7,9,11,13H,4,6,8,10H2,1-3H3,(H,17,21)(H,19,20)/t11-,13+/m0/s1. The average Bonchev–Trinajstić information content (AvgIpc) is 2.90. The normalized spacial score (nSPS) is 20.7. The van der Waals surface area contributed by atoms with Crippen LogP contribution in [0.5, 0.6) is 0 Å². The summed E-state index contributed by atoms with van der Waals surface area (Å²) in [6.45, 7) is 6.49. The number of likely N-dealkylation sites (tertiary alicyclic amines) is 1. The highest BCUT2D eigenvalue weighted by Crippen LogP contribution is 2.25. The third kappa shape index (κ3) is 4.99. The molecule has 0 aliphatic carbocycles. The number of carbonyl (C=O) groups is 2. The SMILES string of the molecule is CC(C)(C)OC(=O)N[C@H]1CCCN([C@@H](C(=O)O)c2ccco2)C1. The van der Waals surface area contributed by atoms with Crippen LogP contribution in [0.1, 0.15) is 45.4 Å². The smallest absolute Gasteiger partial charge is 0.407 e. The van der Waals surface area contributed by atoms with Gasteiger partial charge in [-0.2, -0.15) is 0 Å². The number of hydrogen-bond acceptors (Lipinski definition) is 5. The van der Waals surface area contributed by atoms with Crippen molar-refractivity contribution in [2.24, 2.45) is 0 Å². The average molecular weight is 324 g/mol. The molecule has 2 atom stereocenters. The van der Waals surface area contributed by atoms with Crippen molar-refractivity contribution in [3.8, 4) is 0 Å². The van der Waals surface area contributed by atoms with Gasteiger partial charge in [0.1, 0.15) is 11.4 Å². The second kappa shape index (κ2) is 7.04. The van der Waals surface area contributed by atoms with E-state index in [-0.39, 0.29) is 6.04 Å². The van der Waals surface area contributed by atoms with Gasteiger partial charge in [0, 0.05) is 12.6 Å². The first-order chi connectivity index (χ1) is 10.8. The summed E-state index contributed by atoms with van der Waals surface area (Å²) in [5.74, 6) is -0.562. The molecule has 0 aromatic carbocycles. The van der Waals surface area contributed by atoms with E-state index < -0.39 is 23.7 Å². The van der Waals surface area contributed by atoms with E-state index in [2.05, 4.69) is 5.32 Å². The molecule has 1 saturated heterocycles. The van der Waals surface area contributed by atoms with E-state index in [9.17, 15) is 14.7 Å². The summed E-state index contributed by atoms with van der Waals surface area (Å²) in [6, 6.07) is 2.35. The molecule has 23 heavy (non-hydrogen) atoms. The lowest BCUT2D eigenvalue weighted by molar-refractivity contribution is -0.144. The van der Waals surface area contributed by atoms with Crippen molar-refractivity contribution in [1.82, 2.24) is 10.2 Å². The summed E-state index contributed by atoms with van der Waals surface area (Å²) >= 11 is 0. The predicted octanol–water partition coefficient (Wildman–Crippen LogP) is 2.39. The van der Waals surface area contributed by atoms with Crippen molar-refractivity contribution in [2.75, 3.05) is 13.1 Å². The number of piperidine rings is 1. The highest BCUT2D eigenvalue weighted by atomic mass is 16.6. The number of nitrogens with zero attached hydrogens (tertiary/aromatic N) is 1. The molecule has 7 nitrogen and oxygen atoms in total. The number of furan rings is 1. The zero-order valence-electron chi connectivity index (χ0n) is 13.7. The fourth-order valence-electron chi connectivity index (χ4n) is 2.74. The molecule has 0 unspecified atom stereocenters. The topological polar surface area (TPSA) is 92.0 Å². The summed E-state index contributed by atoms with van der Waals surface area (Å²) in [6.07, 6.45) is 2.57. The molecule has 0 radical (unpaired) electrons. The van der Waals surface area contributed by atoms with Gasteiger partial charge in [0.15, 0.2) is 6.04 Å². The van der Waals surface area contributed by atoms with Crippen LogP contribution in [0, 0.1) is 0 Å². The molecule has 2 rings (SSSR count). The van der Waals surface area contributed by atoms with Crippen molar-refractivity contribution in [1.29, 1.82) is 0 Å². The molecule has 0 saturated carbocycles. The lowest BCUT2D eigenvalue weighted by Gasteiger charge is -2.36. The number of carboxylic acids is 1. The molecule has 2 N–H and O–H groups in total. The number of aliphatic carboxylic acids is 1. The molecule has 0 spiro atoms. The molecule has 2 heterocycles. The Morgan fingerprint density at radius 1 is 1.48 bits per heavy atom. The zero-order valence-corrected chi connectivity index (χ0v) is 13.7.